The summed E-state index contributed by atoms with van der Waals surface area (Å²) in [7, 11) is 6.17. The standard InChI is InChI=1S/C20H22N2O5/c1-24-15-8-6-5-7-13(15)9-10-22-12-21-17-14(20(22)23)11-16(25-2)18(26-3)19(17)27-4/h5-8,11-12H,9-10H2,1-4H3. The average Bonchev–Trinajstić information content (AvgIpc) is 2.72. The molecule has 0 bridgehead atoms. The maximum absolute atomic E-state index is 13.0. The Morgan fingerprint density at radius 1 is 0.926 bits per heavy atom. The molecule has 2 aromatic carbocycles. The third kappa shape index (κ3) is 3.40. The van der Waals surface area contributed by atoms with Crippen LogP contribution in [0.4, 0.5) is 0 Å². The number of hydrogen-bond acceptors (Lipinski definition) is 6. The van der Waals surface area contributed by atoms with E-state index in [-0.39, 0.29) is 5.56 Å². The molecule has 0 saturated heterocycles. The Morgan fingerprint density at radius 2 is 1.63 bits per heavy atom. The van der Waals surface area contributed by atoms with Gasteiger partial charge in [0.1, 0.15) is 11.3 Å². The Bertz CT molecular complexity index is 1010. The molecule has 3 aromatic rings. The van der Waals surface area contributed by atoms with Crippen LogP contribution in [0.3, 0.4) is 0 Å². The van der Waals surface area contributed by atoms with Gasteiger partial charge in [0.15, 0.2) is 11.5 Å². The quantitative estimate of drug-likeness (QED) is 0.637. The fourth-order valence-corrected chi connectivity index (χ4v) is 3.08. The third-order valence-electron chi connectivity index (χ3n) is 4.44. The van der Waals surface area contributed by atoms with E-state index in [1.807, 2.05) is 24.3 Å². The minimum atomic E-state index is -0.172. The van der Waals surface area contributed by atoms with E-state index in [2.05, 4.69) is 4.98 Å². The fraction of sp³-hybridized carbons (Fsp3) is 0.300. The maximum atomic E-state index is 13.0. The molecule has 3 rings (SSSR count). The molecule has 0 atom stereocenters. The molecule has 1 aromatic heterocycles. The Hall–Kier alpha value is -3.22. The van der Waals surface area contributed by atoms with Gasteiger partial charge in [0.05, 0.1) is 40.2 Å². The molecule has 0 N–H and O–H groups in total. The van der Waals surface area contributed by atoms with Crippen LogP contribution >= 0.6 is 0 Å². The second-order valence-corrected chi connectivity index (χ2v) is 5.85. The van der Waals surface area contributed by atoms with Crippen LogP contribution in [0.2, 0.25) is 0 Å². The van der Waals surface area contributed by atoms with Gasteiger partial charge in [0.25, 0.3) is 5.56 Å². The zero-order valence-corrected chi connectivity index (χ0v) is 15.8. The molecule has 0 aliphatic carbocycles. The molecule has 7 heteroatoms. The van der Waals surface area contributed by atoms with Crippen molar-refractivity contribution in [3.63, 3.8) is 0 Å². The number of aromatic nitrogens is 2. The van der Waals surface area contributed by atoms with Gasteiger partial charge < -0.3 is 18.9 Å². The van der Waals surface area contributed by atoms with E-state index in [9.17, 15) is 4.79 Å². The van der Waals surface area contributed by atoms with Gasteiger partial charge in [-0.1, -0.05) is 18.2 Å². The van der Waals surface area contributed by atoms with Gasteiger partial charge in [0, 0.05) is 6.54 Å². The van der Waals surface area contributed by atoms with Crippen molar-refractivity contribution < 1.29 is 18.9 Å². The van der Waals surface area contributed by atoms with E-state index < -0.39 is 0 Å². The lowest BCUT2D eigenvalue weighted by Gasteiger charge is -2.15. The Labute approximate surface area is 157 Å². The number of benzene rings is 2. The zero-order chi connectivity index (χ0) is 19.4. The van der Waals surface area contributed by atoms with E-state index in [1.54, 1.807) is 17.7 Å². The van der Waals surface area contributed by atoms with Crippen LogP contribution in [-0.4, -0.2) is 38.0 Å². The number of rotatable bonds is 7. The first-order chi connectivity index (χ1) is 13.1. The summed E-state index contributed by atoms with van der Waals surface area (Å²) in [5.74, 6) is 2.00. The summed E-state index contributed by atoms with van der Waals surface area (Å²) in [6.07, 6.45) is 2.16. The van der Waals surface area contributed by atoms with Crippen molar-refractivity contribution in [2.75, 3.05) is 28.4 Å². The van der Waals surface area contributed by atoms with E-state index >= 15 is 0 Å². The van der Waals surface area contributed by atoms with Gasteiger partial charge in [-0.25, -0.2) is 4.98 Å². The summed E-state index contributed by atoms with van der Waals surface area (Å²) in [6.45, 7) is 0.471. The largest absolute Gasteiger partial charge is 0.496 e. The fourth-order valence-electron chi connectivity index (χ4n) is 3.08. The molecule has 0 saturated carbocycles. The van der Waals surface area contributed by atoms with E-state index in [4.69, 9.17) is 18.9 Å². The normalized spacial score (nSPS) is 10.7. The summed E-state index contributed by atoms with van der Waals surface area (Å²) in [5.41, 5.74) is 1.29. The zero-order valence-electron chi connectivity index (χ0n) is 15.8. The summed E-state index contributed by atoms with van der Waals surface area (Å²) in [4.78, 5) is 17.4. The second-order valence-electron chi connectivity index (χ2n) is 5.85. The molecule has 7 nitrogen and oxygen atoms in total. The maximum Gasteiger partial charge on any atom is 0.261 e. The van der Waals surface area contributed by atoms with Crippen molar-refractivity contribution in [3.8, 4) is 23.0 Å². The highest BCUT2D eigenvalue weighted by molar-refractivity contribution is 5.89. The molecule has 142 valence electrons. The van der Waals surface area contributed by atoms with Crippen LogP contribution in [0.25, 0.3) is 10.9 Å². The van der Waals surface area contributed by atoms with Crippen molar-refractivity contribution in [1.29, 1.82) is 0 Å². The van der Waals surface area contributed by atoms with E-state index in [0.29, 0.717) is 41.1 Å². The number of ether oxygens (including phenoxy) is 4. The molecule has 1 heterocycles. The van der Waals surface area contributed by atoms with E-state index in [0.717, 1.165) is 11.3 Å². The first kappa shape index (κ1) is 18.6. The number of nitrogens with zero attached hydrogens (tertiary/aromatic N) is 2. The van der Waals surface area contributed by atoms with Gasteiger partial charge in [-0.2, -0.15) is 0 Å². The SMILES string of the molecule is COc1ccccc1CCn1cnc2c(OC)c(OC)c(OC)cc2c1=O. The highest BCUT2D eigenvalue weighted by Crippen LogP contribution is 2.41. The minimum Gasteiger partial charge on any atom is -0.496 e. The topological polar surface area (TPSA) is 71.8 Å². The second kappa shape index (κ2) is 7.99. The number of aryl methyl sites for hydroxylation is 2. The third-order valence-corrected chi connectivity index (χ3v) is 4.44. The lowest BCUT2D eigenvalue weighted by molar-refractivity contribution is 0.326. The molecule has 0 aliphatic heterocycles. The summed E-state index contributed by atoms with van der Waals surface area (Å²) >= 11 is 0. The van der Waals surface area contributed by atoms with Gasteiger partial charge in [-0.15, -0.1) is 0 Å². The van der Waals surface area contributed by atoms with Crippen LogP contribution in [-0.2, 0) is 13.0 Å². The first-order valence-corrected chi connectivity index (χ1v) is 8.44. The van der Waals surface area contributed by atoms with Crippen molar-refractivity contribution in [3.05, 3.63) is 52.6 Å². The Morgan fingerprint density at radius 3 is 2.30 bits per heavy atom. The molecule has 0 radical (unpaired) electrons. The smallest absolute Gasteiger partial charge is 0.261 e. The van der Waals surface area contributed by atoms with E-state index in [1.165, 1.54) is 27.7 Å². The Kier molecular flexibility index (Phi) is 5.49. The molecular weight excluding hydrogens is 348 g/mol. The predicted octanol–water partition coefficient (Wildman–Crippen LogP) is 2.67. The summed E-state index contributed by atoms with van der Waals surface area (Å²) < 4.78 is 23.1. The molecule has 27 heavy (non-hydrogen) atoms. The van der Waals surface area contributed by atoms with Crippen molar-refractivity contribution >= 4 is 10.9 Å². The van der Waals surface area contributed by atoms with Gasteiger partial charge in [-0.05, 0) is 24.1 Å². The van der Waals surface area contributed by atoms with Crippen LogP contribution in [0.15, 0.2) is 41.5 Å². The number of hydrogen-bond donors (Lipinski definition) is 0. The van der Waals surface area contributed by atoms with Gasteiger partial charge >= 0.3 is 0 Å². The summed E-state index contributed by atoms with van der Waals surface area (Å²) in [5, 5.41) is 0.409. The monoisotopic (exact) mass is 370 g/mol. The van der Waals surface area contributed by atoms with Gasteiger partial charge in [0.2, 0.25) is 5.75 Å². The van der Waals surface area contributed by atoms with Crippen molar-refractivity contribution in [2.24, 2.45) is 0 Å². The molecule has 0 aliphatic rings. The molecule has 0 spiro atoms. The summed E-state index contributed by atoms with van der Waals surface area (Å²) in [6, 6.07) is 9.37. The highest BCUT2D eigenvalue weighted by atomic mass is 16.5. The highest BCUT2D eigenvalue weighted by Gasteiger charge is 2.19. The number of methoxy groups -OCH3 is 4. The lowest BCUT2D eigenvalue weighted by atomic mass is 10.1. The van der Waals surface area contributed by atoms with Crippen LogP contribution in [0.1, 0.15) is 5.56 Å². The van der Waals surface area contributed by atoms with Gasteiger partial charge in [-0.3, -0.25) is 9.36 Å². The number of para-hydroxylation sites is 1. The molecule has 0 unspecified atom stereocenters. The molecular formula is C20H22N2O5. The lowest BCUT2D eigenvalue weighted by Crippen LogP contribution is -2.22. The average molecular weight is 370 g/mol. The van der Waals surface area contributed by atoms with Crippen LogP contribution < -0.4 is 24.5 Å². The predicted molar refractivity (Wildman–Crippen MR) is 102 cm³/mol. The molecule has 0 amide bonds. The Balaban J connectivity index is 2.03. The van der Waals surface area contributed by atoms with Crippen molar-refractivity contribution in [2.45, 2.75) is 13.0 Å². The van der Waals surface area contributed by atoms with Crippen LogP contribution in [0.5, 0.6) is 23.0 Å². The number of fused-ring (bicyclic) bond motifs is 1. The first-order valence-electron chi connectivity index (χ1n) is 8.44. The molecule has 0 fully saturated rings. The van der Waals surface area contributed by atoms with Crippen molar-refractivity contribution in [1.82, 2.24) is 9.55 Å². The minimum absolute atomic E-state index is 0.172. The van der Waals surface area contributed by atoms with Crippen LogP contribution in [0, 0.1) is 0 Å².